The number of benzene rings is 3. The highest BCUT2D eigenvalue weighted by Crippen LogP contribution is 2.41. The lowest BCUT2D eigenvalue weighted by Crippen LogP contribution is -2.29. The minimum atomic E-state index is -2.98. The molecule has 0 spiro atoms. The minimum Gasteiger partial charge on any atom is -0.494 e. The van der Waals surface area contributed by atoms with E-state index in [1.165, 1.54) is 6.26 Å². The summed E-state index contributed by atoms with van der Waals surface area (Å²) in [5.41, 5.74) is 2.60. The van der Waals surface area contributed by atoms with Crippen molar-refractivity contribution in [2.45, 2.75) is 25.4 Å². The highest BCUT2D eigenvalue weighted by atomic mass is 32.2. The van der Waals surface area contributed by atoms with Crippen molar-refractivity contribution >= 4 is 22.4 Å². The Kier molecular flexibility index (Phi) is 7.46. The topological polar surface area (TPSA) is 102 Å². The minimum absolute atomic E-state index is 0.105. The van der Waals surface area contributed by atoms with Crippen molar-refractivity contribution in [1.82, 2.24) is 0 Å². The van der Waals surface area contributed by atoms with Crippen molar-refractivity contribution in [3.63, 3.8) is 0 Å². The molecule has 178 valence electrons. The van der Waals surface area contributed by atoms with Gasteiger partial charge in [0.05, 0.1) is 12.4 Å². The van der Waals surface area contributed by atoms with Gasteiger partial charge in [0, 0.05) is 11.8 Å². The normalized spacial score (nSPS) is 15.0. The Morgan fingerprint density at radius 2 is 1.62 bits per heavy atom. The summed E-state index contributed by atoms with van der Waals surface area (Å²) < 4.78 is 40.3. The van der Waals surface area contributed by atoms with E-state index in [2.05, 4.69) is 0 Å². The second kappa shape index (κ2) is 10.5. The third-order valence-electron chi connectivity index (χ3n) is 5.61. The molecule has 0 saturated heterocycles. The number of hydrogen-bond donors (Lipinski definition) is 2. The summed E-state index contributed by atoms with van der Waals surface area (Å²) in [6.45, 7) is 0.337. The van der Waals surface area contributed by atoms with Crippen LogP contribution in [0.3, 0.4) is 0 Å². The maximum atomic E-state index is 11.2. The Labute approximate surface area is 200 Å². The van der Waals surface area contributed by atoms with E-state index < -0.39 is 17.0 Å². The second-order valence-corrected chi connectivity index (χ2v) is 10.6. The predicted molar refractivity (Wildman–Crippen MR) is 131 cm³/mol. The van der Waals surface area contributed by atoms with Crippen LogP contribution in [0, 0.1) is 0 Å². The first-order chi connectivity index (χ1) is 16.3. The Morgan fingerprint density at radius 1 is 0.941 bits per heavy atom. The van der Waals surface area contributed by atoms with E-state index in [1.54, 1.807) is 36.4 Å². The maximum Gasteiger partial charge on any atom is 0.488 e. The molecule has 0 bridgehead atoms. The van der Waals surface area contributed by atoms with Crippen LogP contribution in [0.1, 0.15) is 30.1 Å². The SMILES string of the molecule is CS(=O)(=O)CCCOc1ccc(Oc2cccc3c2CC[C@H]3Oc2ccc(B(O)O)cc2)cc1. The fourth-order valence-corrected chi connectivity index (χ4v) is 4.57. The lowest BCUT2D eigenvalue weighted by atomic mass is 9.80. The number of ether oxygens (including phenoxy) is 3. The molecule has 3 aromatic carbocycles. The van der Waals surface area contributed by atoms with E-state index in [0.29, 0.717) is 35.7 Å². The van der Waals surface area contributed by atoms with Crippen molar-refractivity contribution in [1.29, 1.82) is 0 Å². The first kappa shape index (κ1) is 24.1. The van der Waals surface area contributed by atoms with E-state index in [4.69, 9.17) is 14.2 Å². The zero-order valence-electron chi connectivity index (χ0n) is 18.9. The molecule has 0 amide bonds. The fourth-order valence-electron chi connectivity index (χ4n) is 3.93. The molecule has 1 atom stereocenters. The molecular weight excluding hydrogens is 455 g/mol. The Bertz CT molecular complexity index is 1210. The fraction of sp³-hybridized carbons (Fsp3) is 0.280. The number of hydrogen-bond acceptors (Lipinski definition) is 7. The summed E-state index contributed by atoms with van der Waals surface area (Å²) in [6, 6.07) is 19.9. The molecule has 34 heavy (non-hydrogen) atoms. The predicted octanol–water partition coefficient (Wildman–Crippen LogP) is 3.04. The van der Waals surface area contributed by atoms with Gasteiger partial charge >= 0.3 is 7.12 Å². The first-order valence-electron chi connectivity index (χ1n) is 11.1. The van der Waals surface area contributed by atoms with Crippen LogP contribution in [0.25, 0.3) is 0 Å². The van der Waals surface area contributed by atoms with E-state index in [0.717, 1.165) is 29.7 Å². The smallest absolute Gasteiger partial charge is 0.488 e. The highest BCUT2D eigenvalue weighted by molar-refractivity contribution is 7.90. The van der Waals surface area contributed by atoms with Crippen LogP contribution in [0.4, 0.5) is 0 Å². The molecule has 0 fully saturated rings. The van der Waals surface area contributed by atoms with Crippen molar-refractivity contribution in [3.8, 4) is 23.0 Å². The monoisotopic (exact) mass is 482 g/mol. The molecule has 0 unspecified atom stereocenters. The zero-order chi connectivity index (χ0) is 24.1. The van der Waals surface area contributed by atoms with E-state index in [-0.39, 0.29) is 11.9 Å². The molecule has 1 aliphatic rings. The molecule has 9 heteroatoms. The summed E-state index contributed by atoms with van der Waals surface area (Å²) in [6.07, 6.45) is 3.20. The van der Waals surface area contributed by atoms with Crippen molar-refractivity contribution < 1.29 is 32.7 Å². The summed E-state index contributed by atoms with van der Waals surface area (Å²) in [4.78, 5) is 0. The molecule has 0 heterocycles. The van der Waals surface area contributed by atoms with Gasteiger partial charge in [-0.1, -0.05) is 24.3 Å². The number of sulfone groups is 1. The third kappa shape index (κ3) is 6.31. The molecule has 2 N–H and O–H groups in total. The van der Waals surface area contributed by atoms with Crippen LogP contribution < -0.4 is 19.7 Å². The van der Waals surface area contributed by atoms with Crippen molar-refractivity contribution in [2.75, 3.05) is 18.6 Å². The van der Waals surface area contributed by atoms with E-state index in [1.807, 2.05) is 30.3 Å². The van der Waals surface area contributed by atoms with Crippen LogP contribution in [0.2, 0.25) is 0 Å². The molecule has 7 nitrogen and oxygen atoms in total. The molecule has 0 aliphatic heterocycles. The van der Waals surface area contributed by atoms with Crippen LogP contribution in [-0.4, -0.2) is 44.2 Å². The second-order valence-electron chi connectivity index (χ2n) is 8.32. The molecular formula is C25H27BO7S. The standard InChI is InChI=1S/C25H27BO7S/c1-34(29,30)17-3-16-31-19-10-12-21(13-11-19)32-24-5-2-4-22-23(24)14-15-25(22)33-20-8-6-18(7-9-20)26(27)28/h2,4-13,25,27-28H,3,14-17H2,1H3/t25-/m1/s1. The van der Waals surface area contributed by atoms with Gasteiger partial charge in [-0.25, -0.2) is 8.42 Å². The first-order valence-corrected chi connectivity index (χ1v) is 13.2. The molecule has 4 rings (SSSR count). The van der Waals surface area contributed by atoms with Gasteiger partial charge in [0.25, 0.3) is 0 Å². The average Bonchev–Trinajstić information content (AvgIpc) is 3.21. The van der Waals surface area contributed by atoms with Crippen LogP contribution in [0.15, 0.2) is 66.7 Å². The van der Waals surface area contributed by atoms with E-state index in [9.17, 15) is 18.5 Å². The highest BCUT2D eigenvalue weighted by Gasteiger charge is 2.27. The van der Waals surface area contributed by atoms with Gasteiger partial charge in [0.1, 0.15) is 38.9 Å². The summed E-state index contributed by atoms with van der Waals surface area (Å²) in [5.74, 6) is 2.89. The number of rotatable bonds is 10. The van der Waals surface area contributed by atoms with Gasteiger partial charge in [-0.05, 0) is 72.8 Å². The van der Waals surface area contributed by atoms with Crippen molar-refractivity contribution in [3.05, 3.63) is 77.9 Å². The maximum absolute atomic E-state index is 11.2. The molecule has 0 saturated carbocycles. The Balaban J connectivity index is 1.37. The largest absolute Gasteiger partial charge is 0.494 e. The molecule has 3 aromatic rings. The van der Waals surface area contributed by atoms with Gasteiger partial charge in [0.2, 0.25) is 0 Å². The molecule has 1 aliphatic carbocycles. The average molecular weight is 482 g/mol. The summed E-state index contributed by atoms with van der Waals surface area (Å²) in [7, 11) is -4.48. The Morgan fingerprint density at radius 3 is 2.29 bits per heavy atom. The van der Waals surface area contributed by atoms with Gasteiger partial charge in [-0.2, -0.15) is 0 Å². The van der Waals surface area contributed by atoms with Gasteiger partial charge in [-0.15, -0.1) is 0 Å². The lowest BCUT2D eigenvalue weighted by Gasteiger charge is -2.16. The van der Waals surface area contributed by atoms with Crippen LogP contribution in [-0.2, 0) is 16.3 Å². The van der Waals surface area contributed by atoms with Crippen LogP contribution in [0.5, 0.6) is 23.0 Å². The van der Waals surface area contributed by atoms with Gasteiger partial charge < -0.3 is 24.3 Å². The lowest BCUT2D eigenvalue weighted by molar-refractivity contribution is 0.207. The molecule has 0 aromatic heterocycles. The summed E-state index contributed by atoms with van der Waals surface area (Å²) in [5, 5.41) is 18.5. The van der Waals surface area contributed by atoms with Crippen molar-refractivity contribution in [2.24, 2.45) is 0 Å². The zero-order valence-corrected chi connectivity index (χ0v) is 19.7. The van der Waals surface area contributed by atoms with Crippen LogP contribution >= 0.6 is 0 Å². The van der Waals surface area contributed by atoms with E-state index >= 15 is 0 Å². The third-order valence-corrected chi connectivity index (χ3v) is 6.64. The van der Waals surface area contributed by atoms with Gasteiger partial charge in [0.15, 0.2) is 0 Å². The summed E-state index contributed by atoms with van der Waals surface area (Å²) >= 11 is 0. The quantitative estimate of drug-likeness (QED) is 0.338. The Hall–Kier alpha value is -3.01. The number of fused-ring (bicyclic) bond motifs is 1. The van der Waals surface area contributed by atoms with Gasteiger partial charge in [-0.3, -0.25) is 0 Å². The molecule has 0 radical (unpaired) electrons.